The summed E-state index contributed by atoms with van der Waals surface area (Å²) >= 11 is 0. The van der Waals surface area contributed by atoms with Crippen LogP contribution in [0.4, 0.5) is 11.4 Å². The first kappa shape index (κ1) is 21.3. The van der Waals surface area contributed by atoms with E-state index in [2.05, 4.69) is 5.32 Å². The summed E-state index contributed by atoms with van der Waals surface area (Å²) in [6.07, 6.45) is 1.03. The van der Waals surface area contributed by atoms with Crippen molar-refractivity contribution in [3.05, 3.63) is 84.4 Å². The molecule has 0 heterocycles. The number of Topliss-reactive ketones (excluding diaryl/α,β-unsaturated/α-hetero) is 1. The zero-order valence-electron chi connectivity index (χ0n) is 16.7. The lowest BCUT2D eigenvalue weighted by Crippen LogP contribution is -2.37. The second kappa shape index (κ2) is 8.92. The lowest BCUT2D eigenvalue weighted by atomic mass is 10.0. The van der Waals surface area contributed by atoms with Crippen molar-refractivity contribution < 1.29 is 18.0 Å². The Morgan fingerprint density at radius 1 is 0.900 bits per heavy atom. The van der Waals surface area contributed by atoms with E-state index in [0.29, 0.717) is 11.3 Å². The van der Waals surface area contributed by atoms with Gasteiger partial charge in [-0.1, -0.05) is 60.7 Å². The third-order valence-corrected chi connectivity index (χ3v) is 5.65. The predicted octanol–water partition coefficient (Wildman–Crippen LogP) is 3.96. The molecule has 1 amide bonds. The number of hydrogen-bond donors (Lipinski definition) is 1. The van der Waals surface area contributed by atoms with Gasteiger partial charge in [-0.2, -0.15) is 0 Å². The number of sulfonamides is 1. The molecule has 0 atom stereocenters. The summed E-state index contributed by atoms with van der Waals surface area (Å²) in [5.41, 5.74) is 2.98. The van der Waals surface area contributed by atoms with E-state index >= 15 is 0 Å². The Hall–Kier alpha value is -3.45. The van der Waals surface area contributed by atoms with Crippen LogP contribution in [-0.4, -0.2) is 32.9 Å². The zero-order valence-corrected chi connectivity index (χ0v) is 17.5. The Labute approximate surface area is 176 Å². The quantitative estimate of drug-likeness (QED) is 0.584. The molecule has 3 rings (SSSR count). The summed E-state index contributed by atoms with van der Waals surface area (Å²) in [6, 6.07) is 23.1. The number of benzene rings is 3. The molecule has 3 aromatic rings. The number of hydrogen-bond acceptors (Lipinski definition) is 4. The minimum absolute atomic E-state index is 0.188. The maximum atomic E-state index is 12.8. The highest BCUT2D eigenvalue weighted by molar-refractivity contribution is 7.92. The van der Waals surface area contributed by atoms with Crippen LogP contribution in [0.25, 0.3) is 11.1 Å². The van der Waals surface area contributed by atoms with E-state index in [0.717, 1.165) is 21.7 Å². The van der Waals surface area contributed by atoms with Crippen LogP contribution in [0.15, 0.2) is 78.9 Å². The monoisotopic (exact) mass is 422 g/mol. The largest absolute Gasteiger partial charge is 0.324 e. The molecule has 0 saturated carbocycles. The molecule has 30 heavy (non-hydrogen) atoms. The summed E-state index contributed by atoms with van der Waals surface area (Å²) < 4.78 is 25.7. The van der Waals surface area contributed by atoms with Gasteiger partial charge in [0, 0.05) is 16.8 Å². The van der Waals surface area contributed by atoms with Crippen LogP contribution in [0.5, 0.6) is 0 Å². The van der Waals surface area contributed by atoms with Gasteiger partial charge in [0.25, 0.3) is 0 Å². The molecular weight excluding hydrogens is 400 g/mol. The van der Waals surface area contributed by atoms with Gasteiger partial charge in [0.05, 0.1) is 11.9 Å². The molecule has 0 spiro atoms. The van der Waals surface area contributed by atoms with Crippen molar-refractivity contribution in [1.29, 1.82) is 0 Å². The van der Waals surface area contributed by atoms with Crippen molar-refractivity contribution >= 4 is 33.1 Å². The Balaban J connectivity index is 1.87. The fourth-order valence-electron chi connectivity index (χ4n) is 3.06. The van der Waals surface area contributed by atoms with Gasteiger partial charge in [-0.25, -0.2) is 8.42 Å². The summed E-state index contributed by atoms with van der Waals surface area (Å²) in [7, 11) is -3.75. The minimum Gasteiger partial charge on any atom is -0.324 e. The number of nitrogens with one attached hydrogen (secondary N) is 1. The third-order valence-electron chi connectivity index (χ3n) is 4.51. The highest BCUT2D eigenvalue weighted by Gasteiger charge is 2.22. The van der Waals surface area contributed by atoms with Crippen LogP contribution in [0, 0.1) is 0 Å². The molecule has 7 heteroatoms. The number of carbonyl (C=O) groups is 2. The van der Waals surface area contributed by atoms with Gasteiger partial charge in [0.2, 0.25) is 15.9 Å². The minimum atomic E-state index is -3.75. The van der Waals surface area contributed by atoms with Crippen LogP contribution in [0.3, 0.4) is 0 Å². The normalized spacial score (nSPS) is 11.0. The molecule has 0 bridgehead atoms. The van der Waals surface area contributed by atoms with Gasteiger partial charge < -0.3 is 5.32 Å². The van der Waals surface area contributed by atoms with Crippen molar-refractivity contribution in [3.63, 3.8) is 0 Å². The number of nitrogens with zero attached hydrogens (tertiary/aromatic N) is 1. The van der Waals surface area contributed by atoms with Gasteiger partial charge in [-0.15, -0.1) is 0 Å². The highest BCUT2D eigenvalue weighted by Crippen LogP contribution is 2.28. The average Bonchev–Trinajstić information content (AvgIpc) is 2.72. The molecule has 1 N–H and O–H groups in total. The summed E-state index contributed by atoms with van der Waals surface area (Å²) in [5.74, 6) is -0.677. The molecule has 0 aromatic heterocycles. The smallest absolute Gasteiger partial charge is 0.245 e. The molecule has 0 fully saturated rings. The first-order chi connectivity index (χ1) is 14.3. The van der Waals surface area contributed by atoms with E-state index in [9.17, 15) is 18.0 Å². The van der Waals surface area contributed by atoms with E-state index in [4.69, 9.17) is 0 Å². The van der Waals surface area contributed by atoms with E-state index < -0.39 is 22.5 Å². The average molecular weight is 423 g/mol. The molecule has 0 saturated heterocycles. The molecule has 0 unspecified atom stereocenters. The molecule has 3 aromatic carbocycles. The predicted molar refractivity (Wildman–Crippen MR) is 119 cm³/mol. The van der Waals surface area contributed by atoms with Gasteiger partial charge in [-0.3, -0.25) is 13.9 Å². The maximum Gasteiger partial charge on any atom is 0.245 e. The Morgan fingerprint density at radius 3 is 2.23 bits per heavy atom. The number of para-hydroxylation sites is 1. The number of amides is 1. The van der Waals surface area contributed by atoms with Gasteiger partial charge in [-0.05, 0) is 30.7 Å². The standard InChI is InChI=1S/C23H22N2O4S/c1-17(26)19-11-8-12-20(15-19)25(30(2,28)29)16-23(27)24-22-14-7-6-13-21(22)18-9-4-3-5-10-18/h3-15H,16H2,1-2H3,(H,24,27). The molecule has 0 radical (unpaired) electrons. The van der Waals surface area contributed by atoms with Crippen LogP contribution < -0.4 is 9.62 Å². The molecule has 0 aliphatic heterocycles. The van der Waals surface area contributed by atoms with Crippen LogP contribution in [0.2, 0.25) is 0 Å². The van der Waals surface area contributed by atoms with Gasteiger partial charge in [0.1, 0.15) is 6.54 Å². The number of carbonyl (C=O) groups excluding carboxylic acids is 2. The van der Waals surface area contributed by atoms with Crippen molar-refractivity contribution in [2.45, 2.75) is 6.92 Å². The van der Waals surface area contributed by atoms with Crippen LogP contribution in [-0.2, 0) is 14.8 Å². The second-order valence-electron chi connectivity index (χ2n) is 6.84. The number of rotatable bonds is 7. The first-order valence-corrected chi connectivity index (χ1v) is 11.1. The van der Waals surface area contributed by atoms with E-state index in [-0.39, 0.29) is 11.5 Å². The fourth-order valence-corrected chi connectivity index (χ4v) is 3.91. The SMILES string of the molecule is CC(=O)c1cccc(N(CC(=O)Nc2ccccc2-c2ccccc2)S(C)(=O)=O)c1. The van der Waals surface area contributed by atoms with Crippen molar-refractivity contribution in [2.75, 3.05) is 22.4 Å². The first-order valence-electron chi connectivity index (χ1n) is 9.29. The summed E-state index contributed by atoms with van der Waals surface area (Å²) in [5, 5.41) is 2.81. The molecular formula is C23H22N2O4S. The topological polar surface area (TPSA) is 83.6 Å². The molecule has 6 nitrogen and oxygen atoms in total. The van der Waals surface area contributed by atoms with Crippen molar-refractivity contribution in [2.24, 2.45) is 0 Å². The van der Waals surface area contributed by atoms with Crippen molar-refractivity contribution in [1.82, 2.24) is 0 Å². The molecule has 0 aliphatic carbocycles. The highest BCUT2D eigenvalue weighted by atomic mass is 32.2. The number of ketones is 1. The lowest BCUT2D eigenvalue weighted by Gasteiger charge is -2.22. The summed E-state index contributed by atoms with van der Waals surface area (Å²) in [6.45, 7) is 0.987. The maximum absolute atomic E-state index is 12.8. The lowest BCUT2D eigenvalue weighted by molar-refractivity contribution is -0.114. The van der Waals surface area contributed by atoms with E-state index in [1.54, 1.807) is 30.3 Å². The zero-order chi connectivity index (χ0) is 21.7. The Bertz CT molecular complexity index is 1170. The van der Waals surface area contributed by atoms with Crippen LogP contribution in [0.1, 0.15) is 17.3 Å². The van der Waals surface area contributed by atoms with E-state index in [1.807, 2.05) is 42.5 Å². The fraction of sp³-hybridized carbons (Fsp3) is 0.130. The Kier molecular flexibility index (Phi) is 6.32. The van der Waals surface area contributed by atoms with Crippen LogP contribution >= 0.6 is 0 Å². The summed E-state index contributed by atoms with van der Waals surface area (Å²) in [4.78, 5) is 24.4. The van der Waals surface area contributed by atoms with Crippen molar-refractivity contribution in [3.8, 4) is 11.1 Å². The number of anilines is 2. The third kappa shape index (κ3) is 5.12. The van der Waals surface area contributed by atoms with Gasteiger partial charge >= 0.3 is 0 Å². The molecule has 0 aliphatic rings. The second-order valence-corrected chi connectivity index (χ2v) is 8.74. The Morgan fingerprint density at radius 2 is 1.57 bits per heavy atom. The van der Waals surface area contributed by atoms with Gasteiger partial charge in [0.15, 0.2) is 5.78 Å². The van der Waals surface area contributed by atoms with E-state index in [1.165, 1.54) is 13.0 Å². The molecule has 154 valence electrons.